The molecule has 0 unspecified atom stereocenters. The minimum absolute atomic E-state index is 0.0418. The lowest BCUT2D eigenvalue weighted by molar-refractivity contribution is 0.445. The quantitative estimate of drug-likeness (QED) is 0.542. The zero-order valence-corrected chi connectivity index (χ0v) is 15.6. The molecular weight excluding hydrogens is 356 g/mol. The lowest BCUT2D eigenvalue weighted by atomic mass is 9.96. The number of hydrogen-bond donors (Lipinski definition) is 2. The van der Waals surface area contributed by atoms with E-state index in [1.165, 1.54) is 18.8 Å². The fourth-order valence-electron chi connectivity index (χ4n) is 3.15. The highest BCUT2D eigenvalue weighted by Crippen LogP contribution is 2.40. The van der Waals surface area contributed by atoms with E-state index >= 15 is 0 Å². The van der Waals surface area contributed by atoms with E-state index in [0.717, 1.165) is 16.7 Å². The molecule has 7 heteroatoms. The number of benzene rings is 2. The Labute approximate surface area is 161 Å². The average molecular weight is 376 g/mol. The molecule has 0 amide bonds. The molecule has 0 radical (unpaired) electrons. The summed E-state index contributed by atoms with van der Waals surface area (Å²) in [7, 11) is 0. The molecule has 4 aromatic rings. The first kappa shape index (κ1) is 17.8. The van der Waals surface area contributed by atoms with Gasteiger partial charge in [-0.25, -0.2) is 14.6 Å². The normalized spacial score (nSPS) is 11.2. The molecule has 4 rings (SSSR count). The van der Waals surface area contributed by atoms with Gasteiger partial charge in [-0.3, -0.25) is 0 Å². The fourth-order valence-corrected chi connectivity index (χ4v) is 3.15. The van der Waals surface area contributed by atoms with Gasteiger partial charge in [0, 0.05) is 17.2 Å². The van der Waals surface area contributed by atoms with Gasteiger partial charge in [0.25, 0.3) is 0 Å². The van der Waals surface area contributed by atoms with Gasteiger partial charge in [0.05, 0.1) is 6.54 Å². The summed E-state index contributed by atoms with van der Waals surface area (Å²) >= 11 is 0. The van der Waals surface area contributed by atoms with E-state index < -0.39 is 0 Å². The highest BCUT2D eigenvalue weighted by molar-refractivity contribution is 5.81. The van der Waals surface area contributed by atoms with Gasteiger partial charge in [-0.2, -0.15) is 5.10 Å². The van der Waals surface area contributed by atoms with Gasteiger partial charge in [0.2, 0.25) is 0 Å². The smallest absolute Gasteiger partial charge is 0.182 e. The second-order valence-electron chi connectivity index (χ2n) is 6.90. The number of hydrogen-bond acceptors (Lipinski definition) is 6. The zero-order valence-electron chi connectivity index (χ0n) is 15.6. The van der Waals surface area contributed by atoms with Crippen molar-refractivity contribution in [3.63, 3.8) is 0 Å². The third-order valence-electron chi connectivity index (χ3n) is 4.62. The van der Waals surface area contributed by atoms with Gasteiger partial charge in [-0.05, 0) is 23.1 Å². The van der Waals surface area contributed by atoms with Crippen LogP contribution in [0.4, 0.5) is 0 Å². The monoisotopic (exact) mass is 376 g/mol. The van der Waals surface area contributed by atoms with Crippen molar-refractivity contribution < 1.29 is 14.6 Å². The summed E-state index contributed by atoms with van der Waals surface area (Å²) in [4.78, 5) is 8.25. The van der Waals surface area contributed by atoms with Crippen molar-refractivity contribution in [2.24, 2.45) is 0 Å². The van der Waals surface area contributed by atoms with Crippen molar-refractivity contribution in [2.45, 2.75) is 26.3 Å². The van der Waals surface area contributed by atoms with Crippen molar-refractivity contribution in [3.8, 4) is 34.1 Å². The van der Waals surface area contributed by atoms with Crippen LogP contribution >= 0.6 is 0 Å². The molecule has 2 N–H and O–H groups in total. The maximum atomic E-state index is 10.4. The molecule has 7 nitrogen and oxygen atoms in total. The Morgan fingerprint density at radius 2 is 1.86 bits per heavy atom. The number of oxazole rings is 1. The summed E-state index contributed by atoms with van der Waals surface area (Å²) in [5.74, 6) is 0.687. The number of aromatic nitrogens is 4. The highest BCUT2D eigenvalue weighted by atomic mass is 16.3. The van der Waals surface area contributed by atoms with Crippen molar-refractivity contribution in [2.75, 3.05) is 0 Å². The summed E-state index contributed by atoms with van der Waals surface area (Å²) in [6, 6.07) is 11.0. The highest BCUT2D eigenvalue weighted by Gasteiger charge is 2.19. The minimum Gasteiger partial charge on any atom is -0.508 e. The van der Waals surface area contributed by atoms with Gasteiger partial charge in [0.15, 0.2) is 12.2 Å². The zero-order chi connectivity index (χ0) is 19.7. The fraction of sp³-hybridized carbons (Fsp3) is 0.190. The van der Waals surface area contributed by atoms with Crippen LogP contribution in [0.5, 0.6) is 11.5 Å². The second-order valence-corrected chi connectivity index (χ2v) is 6.90. The maximum Gasteiger partial charge on any atom is 0.182 e. The molecule has 142 valence electrons. The van der Waals surface area contributed by atoms with E-state index in [-0.39, 0.29) is 17.4 Å². The summed E-state index contributed by atoms with van der Waals surface area (Å²) in [6.07, 6.45) is 4.53. The molecule has 0 atom stereocenters. The summed E-state index contributed by atoms with van der Waals surface area (Å²) in [5.41, 5.74) is 3.71. The molecule has 0 spiro atoms. The van der Waals surface area contributed by atoms with Crippen LogP contribution in [-0.2, 0) is 6.54 Å². The first-order valence-electron chi connectivity index (χ1n) is 8.94. The molecule has 2 aromatic heterocycles. The molecule has 0 fully saturated rings. The van der Waals surface area contributed by atoms with Gasteiger partial charge in [-0.1, -0.05) is 38.1 Å². The second kappa shape index (κ2) is 7.19. The lowest BCUT2D eigenvalue weighted by Gasteiger charge is -2.12. The Hall–Kier alpha value is -3.61. The molecule has 0 saturated heterocycles. The number of phenols is 2. The van der Waals surface area contributed by atoms with Crippen molar-refractivity contribution in [1.82, 2.24) is 19.7 Å². The SMILES string of the molecule is CC(C)c1cc(-c2ncoc2-c2ccc(Cn3cncn3)cc2)c(O)cc1O. The van der Waals surface area contributed by atoms with E-state index in [4.69, 9.17) is 4.42 Å². The molecular formula is C21H20N4O3. The molecule has 0 aliphatic heterocycles. The largest absolute Gasteiger partial charge is 0.508 e. The summed E-state index contributed by atoms with van der Waals surface area (Å²) < 4.78 is 7.37. The number of phenolic OH excluding ortho intramolecular Hbond substituents is 2. The molecule has 0 aliphatic rings. The maximum absolute atomic E-state index is 10.4. The van der Waals surface area contributed by atoms with Gasteiger partial charge in [-0.15, -0.1) is 0 Å². The van der Waals surface area contributed by atoms with Crippen LogP contribution in [0.25, 0.3) is 22.6 Å². The predicted molar refractivity (Wildman–Crippen MR) is 104 cm³/mol. The molecule has 0 saturated carbocycles. The third-order valence-corrected chi connectivity index (χ3v) is 4.62. The summed E-state index contributed by atoms with van der Waals surface area (Å²) in [6.45, 7) is 4.58. The predicted octanol–water partition coefficient (Wildman–Crippen LogP) is 4.18. The Morgan fingerprint density at radius 3 is 2.54 bits per heavy atom. The standard InChI is InChI=1S/C21H20N4O3/c1-13(2)16-7-17(19(27)8-18(16)26)20-21(28-12-23-20)15-5-3-14(4-6-15)9-25-11-22-10-24-25/h3-8,10-13,26-27H,9H2,1-2H3. The molecule has 2 heterocycles. The Balaban J connectivity index is 1.69. The molecule has 0 bridgehead atoms. The Morgan fingerprint density at radius 1 is 1.07 bits per heavy atom. The van der Waals surface area contributed by atoms with Crippen LogP contribution in [-0.4, -0.2) is 30.0 Å². The molecule has 28 heavy (non-hydrogen) atoms. The van der Waals surface area contributed by atoms with Crippen LogP contribution in [0.15, 0.2) is 59.9 Å². The van der Waals surface area contributed by atoms with Crippen LogP contribution < -0.4 is 0 Å². The van der Waals surface area contributed by atoms with E-state index in [1.54, 1.807) is 17.1 Å². The Bertz CT molecular complexity index is 1080. The minimum atomic E-state index is -0.0418. The summed E-state index contributed by atoms with van der Waals surface area (Å²) in [5, 5.41) is 24.6. The van der Waals surface area contributed by atoms with E-state index in [1.807, 2.05) is 38.1 Å². The van der Waals surface area contributed by atoms with Gasteiger partial charge >= 0.3 is 0 Å². The van der Waals surface area contributed by atoms with Gasteiger partial charge < -0.3 is 14.6 Å². The van der Waals surface area contributed by atoms with E-state index in [9.17, 15) is 10.2 Å². The van der Waals surface area contributed by atoms with Crippen molar-refractivity contribution >= 4 is 0 Å². The van der Waals surface area contributed by atoms with Crippen LogP contribution in [0.3, 0.4) is 0 Å². The van der Waals surface area contributed by atoms with Crippen LogP contribution in [0.2, 0.25) is 0 Å². The first-order valence-corrected chi connectivity index (χ1v) is 8.94. The van der Waals surface area contributed by atoms with E-state index in [0.29, 0.717) is 23.6 Å². The van der Waals surface area contributed by atoms with Crippen LogP contribution in [0.1, 0.15) is 30.9 Å². The number of aromatic hydroxyl groups is 2. The van der Waals surface area contributed by atoms with Crippen molar-refractivity contribution in [3.05, 3.63) is 66.6 Å². The van der Waals surface area contributed by atoms with Crippen molar-refractivity contribution in [1.29, 1.82) is 0 Å². The van der Waals surface area contributed by atoms with Gasteiger partial charge in [0.1, 0.15) is 29.8 Å². The van der Waals surface area contributed by atoms with E-state index in [2.05, 4.69) is 15.1 Å². The molecule has 0 aliphatic carbocycles. The number of rotatable bonds is 5. The topological polar surface area (TPSA) is 97.2 Å². The Kier molecular flexibility index (Phi) is 4.57. The first-order chi connectivity index (χ1) is 13.5. The molecule has 2 aromatic carbocycles. The lowest BCUT2D eigenvalue weighted by Crippen LogP contribution is -1.99. The number of nitrogens with zero attached hydrogens (tertiary/aromatic N) is 4. The average Bonchev–Trinajstić information content (AvgIpc) is 3.34. The third kappa shape index (κ3) is 3.34. The van der Waals surface area contributed by atoms with Crippen LogP contribution in [0, 0.1) is 0 Å².